The minimum absolute atomic E-state index is 0.0591. The summed E-state index contributed by atoms with van der Waals surface area (Å²) >= 11 is 5.10. The first kappa shape index (κ1) is 12.1. The highest BCUT2D eigenvalue weighted by Crippen LogP contribution is 2.09. The smallest absolute Gasteiger partial charge is 0.173 e. The van der Waals surface area contributed by atoms with E-state index in [1.807, 2.05) is 30.3 Å². The predicted octanol–water partition coefficient (Wildman–Crippen LogP) is 1.28. The van der Waals surface area contributed by atoms with Gasteiger partial charge in [0.15, 0.2) is 14.9 Å². The topological polar surface area (TPSA) is 58.2 Å². The van der Waals surface area contributed by atoms with Crippen LogP contribution in [0.1, 0.15) is 0 Å². The summed E-state index contributed by atoms with van der Waals surface area (Å²) in [5, 5.41) is 7.56. The molecule has 0 bridgehead atoms. The summed E-state index contributed by atoms with van der Waals surface area (Å²) in [5.74, 6) is 0.0591. The fourth-order valence-corrected chi connectivity index (χ4v) is 3.03. The molecule has 1 atom stereocenters. The number of hydrogen-bond donors (Lipinski definition) is 2. The number of nitrogens with one attached hydrogen (secondary N) is 2. The number of para-hydroxylation sites is 1. The minimum Gasteiger partial charge on any atom is -0.355 e. The van der Waals surface area contributed by atoms with Crippen molar-refractivity contribution in [1.29, 1.82) is 0 Å². The first-order valence-electron chi connectivity index (χ1n) is 5.09. The molecule has 0 amide bonds. The second-order valence-electron chi connectivity index (χ2n) is 3.73. The summed E-state index contributed by atoms with van der Waals surface area (Å²) in [6.45, 7) is 0. The first-order valence-corrected chi connectivity index (χ1v) is 7.21. The monoisotopic (exact) mass is 268 g/mol. The van der Waals surface area contributed by atoms with Gasteiger partial charge in [-0.2, -0.15) is 0 Å². The van der Waals surface area contributed by atoms with E-state index in [4.69, 9.17) is 12.2 Å². The lowest BCUT2D eigenvalue weighted by atomic mass is 10.3. The van der Waals surface area contributed by atoms with Gasteiger partial charge in [0.1, 0.15) is 0 Å². The number of sulfone groups is 1. The fraction of sp³-hybridized carbons (Fsp3) is 0.182. The van der Waals surface area contributed by atoms with E-state index in [0.717, 1.165) is 5.69 Å². The van der Waals surface area contributed by atoms with Gasteiger partial charge >= 0.3 is 0 Å². The molecule has 0 saturated carbocycles. The van der Waals surface area contributed by atoms with E-state index < -0.39 is 9.84 Å². The molecular formula is C11H12N2O2S2. The van der Waals surface area contributed by atoms with Crippen molar-refractivity contribution in [3.63, 3.8) is 0 Å². The molecule has 90 valence electrons. The van der Waals surface area contributed by atoms with Crippen molar-refractivity contribution in [3.8, 4) is 0 Å². The second-order valence-corrected chi connectivity index (χ2v) is 6.07. The van der Waals surface area contributed by atoms with Crippen LogP contribution in [0.4, 0.5) is 5.69 Å². The quantitative estimate of drug-likeness (QED) is 0.791. The van der Waals surface area contributed by atoms with Crippen LogP contribution >= 0.6 is 12.2 Å². The molecule has 1 aliphatic heterocycles. The number of anilines is 1. The van der Waals surface area contributed by atoms with Gasteiger partial charge in [-0.15, -0.1) is 0 Å². The summed E-state index contributed by atoms with van der Waals surface area (Å²) in [5.41, 5.74) is 0.870. The van der Waals surface area contributed by atoms with Crippen LogP contribution in [0.3, 0.4) is 0 Å². The summed E-state index contributed by atoms with van der Waals surface area (Å²) in [6.07, 6.45) is 1.61. The van der Waals surface area contributed by atoms with Crippen molar-refractivity contribution in [1.82, 2.24) is 5.32 Å². The van der Waals surface area contributed by atoms with Crippen LogP contribution in [0.2, 0.25) is 0 Å². The molecule has 6 heteroatoms. The van der Waals surface area contributed by atoms with Gasteiger partial charge < -0.3 is 10.6 Å². The maximum absolute atomic E-state index is 11.2. The van der Waals surface area contributed by atoms with Crippen LogP contribution < -0.4 is 10.6 Å². The molecule has 1 aromatic rings. The lowest BCUT2D eigenvalue weighted by Crippen LogP contribution is -2.38. The highest BCUT2D eigenvalue weighted by atomic mass is 32.2. The Balaban J connectivity index is 1.89. The first-order chi connectivity index (χ1) is 8.05. The largest absolute Gasteiger partial charge is 0.355 e. The number of rotatable bonds is 2. The van der Waals surface area contributed by atoms with Crippen LogP contribution in [-0.4, -0.2) is 25.3 Å². The SMILES string of the molecule is O=S1(=O)C=C[C@H](NC(=S)Nc2ccccc2)C1. The Morgan fingerprint density at radius 3 is 2.59 bits per heavy atom. The molecule has 4 nitrogen and oxygen atoms in total. The van der Waals surface area contributed by atoms with Crippen molar-refractivity contribution < 1.29 is 8.42 Å². The van der Waals surface area contributed by atoms with Gasteiger partial charge in [0.05, 0.1) is 11.8 Å². The zero-order chi connectivity index (χ0) is 12.3. The molecule has 2 N–H and O–H groups in total. The third-order valence-corrected chi connectivity index (χ3v) is 3.89. The van der Waals surface area contributed by atoms with Crippen molar-refractivity contribution >= 4 is 32.9 Å². The summed E-state index contributed by atoms with van der Waals surface area (Å²) in [7, 11) is -3.04. The normalized spacial score (nSPS) is 21.1. The fourth-order valence-electron chi connectivity index (χ4n) is 1.52. The molecule has 2 rings (SSSR count). The molecule has 0 fully saturated rings. The molecule has 1 heterocycles. The van der Waals surface area contributed by atoms with Gasteiger partial charge in [0.25, 0.3) is 0 Å². The third kappa shape index (κ3) is 3.54. The van der Waals surface area contributed by atoms with Crippen LogP contribution in [0.5, 0.6) is 0 Å². The Labute approximate surface area is 106 Å². The van der Waals surface area contributed by atoms with Crippen molar-refractivity contribution in [2.45, 2.75) is 6.04 Å². The summed E-state index contributed by atoms with van der Waals surface area (Å²) in [6, 6.07) is 9.22. The molecule has 0 radical (unpaired) electrons. The van der Waals surface area contributed by atoms with Crippen molar-refractivity contribution in [3.05, 3.63) is 41.8 Å². The minimum atomic E-state index is -3.04. The summed E-state index contributed by atoms with van der Waals surface area (Å²) in [4.78, 5) is 0. The van der Waals surface area contributed by atoms with Gasteiger partial charge in [-0.05, 0) is 30.4 Å². The Morgan fingerprint density at radius 1 is 1.29 bits per heavy atom. The maximum atomic E-state index is 11.2. The lowest BCUT2D eigenvalue weighted by Gasteiger charge is -2.13. The van der Waals surface area contributed by atoms with E-state index >= 15 is 0 Å². The van der Waals surface area contributed by atoms with E-state index in [9.17, 15) is 8.42 Å². The van der Waals surface area contributed by atoms with Crippen LogP contribution in [0, 0.1) is 0 Å². The molecule has 1 aromatic carbocycles. The second kappa shape index (κ2) is 4.85. The highest BCUT2D eigenvalue weighted by Gasteiger charge is 2.21. The predicted molar refractivity (Wildman–Crippen MR) is 72.5 cm³/mol. The molecule has 17 heavy (non-hydrogen) atoms. The number of hydrogen-bond acceptors (Lipinski definition) is 3. The van der Waals surface area contributed by atoms with Gasteiger partial charge in [-0.3, -0.25) is 0 Å². The van der Waals surface area contributed by atoms with E-state index in [1.54, 1.807) is 6.08 Å². The molecule has 0 saturated heterocycles. The van der Waals surface area contributed by atoms with Gasteiger partial charge in [-0.1, -0.05) is 18.2 Å². The Hall–Kier alpha value is -1.40. The Bertz CT molecular complexity index is 538. The third-order valence-electron chi connectivity index (χ3n) is 2.28. The van der Waals surface area contributed by atoms with E-state index in [1.165, 1.54) is 5.41 Å². The van der Waals surface area contributed by atoms with Crippen LogP contribution in [-0.2, 0) is 9.84 Å². The maximum Gasteiger partial charge on any atom is 0.173 e. The van der Waals surface area contributed by atoms with E-state index in [2.05, 4.69) is 10.6 Å². The summed E-state index contributed by atoms with van der Waals surface area (Å²) < 4.78 is 22.4. The van der Waals surface area contributed by atoms with Gasteiger partial charge in [0, 0.05) is 11.1 Å². The Morgan fingerprint density at radius 2 is 2.00 bits per heavy atom. The zero-order valence-corrected chi connectivity index (χ0v) is 10.6. The average molecular weight is 268 g/mol. The Kier molecular flexibility index (Phi) is 3.44. The standard InChI is InChI=1S/C11H12N2O2S2/c14-17(15)7-6-10(8-17)13-11(16)12-9-4-2-1-3-5-9/h1-7,10H,8H2,(H2,12,13,16)/t10-/m0/s1. The van der Waals surface area contributed by atoms with Crippen molar-refractivity contribution in [2.75, 3.05) is 11.1 Å². The molecule has 1 aliphatic rings. The lowest BCUT2D eigenvalue weighted by molar-refractivity contribution is 0.603. The number of thiocarbonyl (C=S) groups is 1. The molecule has 0 spiro atoms. The average Bonchev–Trinajstić information content (AvgIpc) is 2.59. The van der Waals surface area contributed by atoms with E-state index in [0.29, 0.717) is 5.11 Å². The van der Waals surface area contributed by atoms with Crippen LogP contribution in [0.15, 0.2) is 41.8 Å². The van der Waals surface area contributed by atoms with Crippen LogP contribution in [0.25, 0.3) is 0 Å². The molecular weight excluding hydrogens is 256 g/mol. The zero-order valence-electron chi connectivity index (χ0n) is 8.96. The molecule has 0 unspecified atom stereocenters. The molecule has 0 aromatic heterocycles. The number of benzene rings is 1. The van der Waals surface area contributed by atoms with Gasteiger partial charge in [-0.25, -0.2) is 8.42 Å². The van der Waals surface area contributed by atoms with E-state index in [-0.39, 0.29) is 11.8 Å². The van der Waals surface area contributed by atoms with Crippen molar-refractivity contribution in [2.24, 2.45) is 0 Å². The highest BCUT2D eigenvalue weighted by molar-refractivity contribution is 7.94. The molecule has 0 aliphatic carbocycles. The van der Waals surface area contributed by atoms with Gasteiger partial charge in [0.2, 0.25) is 0 Å².